The summed E-state index contributed by atoms with van der Waals surface area (Å²) in [7, 11) is -0.325. The van der Waals surface area contributed by atoms with Crippen LogP contribution in [0.4, 0.5) is 0 Å². The van der Waals surface area contributed by atoms with Crippen LogP contribution in [0.25, 0.3) is 11.5 Å². The molecule has 250 valence electrons. The quantitative estimate of drug-likeness (QED) is 0.178. The van der Waals surface area contributed by atoms with Crippen LogP contribution in [0.3, 0.4) is 0 Å². The Kier molecular flexibility index (Phi) is 13.8. The van der Waals surface area contributed by atoms with Crippen LogP contribution < -0.4 is 20.7 Å². The lowest BCUT2D eigenvalue weighted by molar-refractivity contribution is -0.132. The van der Waals surface area contributed by atoms with E-state index in [0.29, 0.717) is 5.56 Å². The van der Waals surface area contributed by atoms with E-state index in [4.69, 9.17) is 9.15 Å². The molecule has 0 fully saturated rings. The second-order valence-electron chi connectivity index (χ2n) is 12.3. The molecule has 45 heavy (non-hydrogen) atoms. The van der Waals surface area contributed by atoms with Gasteiger partial charge in [-0.15, -0.1) is 10.2 Å². The van der Waals surface area contributed by atoms with E-state index in [-0.39, 0.29) is 42.7 Å². The Morgan fingerprint density at radius 3 is 2.11 bits per heavy atom. The van der Waals surface area contributed by atoms with Gasteiger partial charge in [0.2, 0.25) is 29.4 Å². The maximum Gasteiger partial charge on any atom is 0.286 e. The van der Waals surface area contributed by atoms with E-state index in [9.17, 15) is 27.6 Å². The van der Waals surface area contributed by atoms with E-state index in [1.165, 1.54) is 21.2 Å². The first-order valence-corrected chi connectivity index (χ1v) is 15.9. The predicted molar refractivity (Wildman–Crippen MR) is 166 cm³/mol. The minimum atomic E-state index is -4.15. The number of carbonyl (C=O) groups excluding carboxylic acids is 4. The Bertz CT molecular complexity index is 1410. The Hall–Kier alpha value is -3.73. The van der Waals surface area contributed by atoms with Crippen molar-refractivity contribution in [2.24, 2.45) is 11.3 Å². The molecule has 0 radical (unpaired) electrons. The number of benzene rings is 1. The fraction of sp³-hybridized carbons (Fsp3) is 0.586. The van der Waals surface area contributed by atoms with Crippen LogP contribution >= 0.6 is 0 Å². The van der Waals surface area contributed by atoms with Crippen molar-refractivity contribution in [3.8, 4) is 11.5 Å². The summed E-state index contributed by atoms with van der Waals surface area (Å²) in [5.74, 6) is -3.12. The molecule has 2 aromatic rings. The lowest BCUT2D eigenvalue weighted by Gasteiger charge is -2.26. The van der Waals surface area contributed by atoms with Crippen molar-refractivity contribution in [3.63, 3.8) is 0 Å². The molecule has 15 nitrogen and oxygen atoms in total. The summed E-state index contributed by atoms with van der Waals surface area (Å²) in [6, 6.07) is 4.85. The van der Waals surface area contributed by atoms with Gasteiger partial charge >= 0.3 is 0 Å². The number of amides is 3. The fourth-order valence-corrected chi connectivity index (χ4v) is 4.62. The van der Waals surface area contributed by atoms with Crippen molar-refractivity contribution >= 4 is 33.7 Å². The minimum absolute atomic E-state index is 0.0392. The zero-order valence-electron chi connectivity index (χ0n) is 27.0. The molecule has 0 saturated heterocycles. The van der Waals surface area contributed by atoms with Crippen LogP contribution in [0.5, 0.6) is 0 Å². The molecule has 16 heteroatoms. The topological polar surface area (TPSA) is 202 Å². The molecule has 0 unspecified atom stereocenters. The highest BCUT2D eigenvalue weighted by molar-refractivity contribution is 7.87. The normalized spacial score (nSPS) is 14.1. The second-order valence-corrected chi connectivity index (χ2v) is 14.3. The van der Waals surface area contributed by atoms with Gasteiger partial charge in [-0.1, -0.05) is 52.8 Å². The summed E-state index contributed by atoms with van der Waals surface area (Å²) >= 11 is 0. The molecule has 0 bridgehead atoms. The minimum Gasteiger partial charge on any atom is -0.414 e. The van der Waals surface area contributed by atoms with E-state index in [1.807, 2.05) is 40.7 Å². The highest BCUT2D eigenvalue weighted by Crippen LogP contribution is 2.19. The van der Waals surface area contributed by atoms with Gasteiger partial charge in [-0.25, -0.2) is 0 Å². The van der Waals surface area contributed by atoms with Crippen LogP contribution in [0.1, 0.15) is 58.1 Å². The molecule has 0 aliphatic heterocycles. The summed E-state index contributed by atoms with van der Waals surface area (Å²) in [4.78, 5) is 52.8. The number of aromatic nitrogens is 2. The number of nitrogens with one attached hydrogen (secondary N) is 4. The number of Topliss-reactive ketones (excluding diaryl/α,β-unsaturated/α-hetero) is 1. The third kappa shape index (κ3) is 12.3. The average molecular weight is 652 g/mol. The number of hydrogen-bond donors (Lipinski definition) is 4. The molecule has 0 saturated carbocycles. The first-order chi connectivity index (χ1) is 20.9. The van der Waals surface area contributed by atoms with Gasteiger partial charge in [0.25, 0.3) is 16.1 Å². The Morgan fingerprint density at radius 1 is 0.956 bits per heavy atom. The van der Waals surface area contributed by atoms with Crippen molar-refractivity contribution in [1.82, 2.24) is 35.2 Å². The van der Waals surface area contributed by atoms with Gasteiger partial charge in [0.15, 0.2) is 0 Å². The first-order valence-electron chi connectivity index (χ1n) is 14.4. The Morgan fingerprint density at radius 2 is 1.56 bits per heavy atom. The maximum absolute atomic E-state index is 13.4. The van der Waals surface area contributed by atoms with E-state index < -0.39 is 58.3 Å². The summed E-state index contributed by atoms with van der Waals surface area (Å²) < 4.78 is 38.9. The molecule has 3 atom stereocenters. The smallest absolute Gasteiger partial charge is 0.286 e. The van der Waals surface area contributed by atoms with Crippen LogP contribution in [-0.4, -0.2) is 98.9 Å². The number of carbonyl (C=O) groups is 4. The summed E-state index contributed by atoms with van der Waals surface area (Å²) in [5, 5.41) is 15.6. The second kappa shape index (κ2) is 16.5. The number of hydrogen-bond acceptors (Lipinski definition) is 10. The molecule has 1 aromatic carbocycles. The number of ketones is 1. The number of methoxy groups -OCH3 is 1. The van der Waals surface area contributed by atoms with Gasteiger partial charge in [0.1, 0.15) is 12.1 Å². The molecule has 0 spiro atoms. The predicted octanol–water partition coefficient (Wildman–Crippen LogP) is 0.898. The van der Waals surface area contributed by atoms with Gasteiger partial charge in [-0.2, -0.15) is 17.4 Å². The van der Waals surface area contributed by atoms with Crippen molar-refractivity contribution in [1.29, 1.82) is 0 Å². The molecular formula is C29H45N7O8S. The fourth-order valence-electron chi connectivity index (χ4n) is 3.86. The van der Waals surface area contributed by atoms with E-state index in [2.05, 4.69) is 30.9 Å². The molecule has 4 N–H and O–H groups in total. The van der Waals surface area contributed by atoms with Crippen LogP contribution in [0, 0.1) is 11.3 Å². The molecule has 0 aliphatic carbocycles. The Labute approximate surface area is 264 Å². The third-order valence-electron chi connectivity index (χ3n) is 6.26. The monoisotopic (exact) mass is 651 g/mol. The van der Waals surface area contributed by atoms with Gasteiger partial charge in [-0.05, 0) is 29.9 Å². The zero-order chi connectivity index (χ0) is 33.9. The van der Waals surface area contributed by atoms with Crippen molar-refractivity contribution in [2.75, 3.05) is 34.4 Å². The van der Waals surface area contributed by atoms with Gasteiger partial charge < -0.3 is 25.1 Å². The standard InChI is InChI=1S/C29H45N7O8S/c1-18(2)14-20(24(38)28-34-33-27(44-28)19-12-10-9-11-13-19)31-26(40)22(16-43-8)32-25(39)21(35-45(41,42)36(6)7)15-23(37)30-17-29(3,4)5/h9-13,18,20-22,35H,14-17H2,1-8H3,(H,30,37)(H,31,40)(H,32,39)/t20-,21-,22-/m0/s1. The van der Waals surface area contributed by atoms with Crippen LogP contribution in [0.2, 0.25) is 0 Å². The number of ether oxygens (including phenoxy) is 1. The van der Waals surface area contributed by atoms with Crippen molar-refractivity contribution in [3.05, 3.63) is 36.2 Å². The highest BCUT2D eigenvalue weighted by atomic mass is 32.2. The van der Waals surface area contributed by atoms with Crippen LogP contribution in [0.15, 0.2) is 34.7 Å². The summed E-state index contributed by atoms with van der Waals surface area (Å²) in [6.07, 6.45) is -0.327. The zero-order valence-corrected chi connectivity index (χ0v) is 27.9. The lowest BCUT2D eigenvalue weighted by Crippen LogP contribution is -2.58. The van der Waals surface area contributed by atoms with Gasteiger partial charge in [-0.3, -0.25) is 19.2 Å². The summed E-state index contributed by atoms with van der Waals surface area (Å²) in [5.41, 5.74) is 0.356. The van der Waals surface area contributed by atoms with Gasteiger partial charge in [0.05, 0.1) is 19.1 Å². The van der Waals surface area contributed by atoms with Crippen molar-refractivity contribution in [2.45, 2.75) is 65.6 Å². The SMILES string of the molecule is COC[C@H](NC(=O)[C@H](CC(=O)NCC(C)(C)C)NS(=O)(=O)N(C)C)C(=O)N[C@@H](CC(C)C)C(=O)c1nnc(-c2ccccc2)o1. The molecule has 2 rings (SSSR count). The van der Waals surface area contributed by atoms with E-state index >= 15 is 0 Å². The van der Waals surface area contributed by atoms with Crippen LogP contribution in [-0.2, 0) is 29.3 Å². The third-order valence-corrected chi connectivity index (χ3v) is 7.80. The highest BCUT2D eigenvalue weighted by Gasteiger charge is 2.34. The van der Waals surface area contributed by atoms with Gasteiger partial charge in [0, 0.05) is 33.3 Å². The molecular weight excluding hydrogens is 606 g/mol. The van der Waals surface area contributed by atoms with Crippen molar-refractivity contribution < 1.29 is 36.7 Å². The molecule has 3 amide bonds. The average Bonchev–Trinajstić information content (AvgIpc) is 3.45. The lowest BCUT2D eigenvalue weighted by atomic mass is 9.97. The maximum atomic E-state index is 13.4. The largest absolute Gasteiger partial charge is 0.414 e. The number of nitrogens with zero attached hydrogens (tertiary/aromatic N) is 3. The molecule has 0 aliphatic rings. The van der Waals surface area contributed by atoms with E-state index in [0.717, 1.165) is 4.31 Å². The summed E-state index contributed by atoms with van der Waals surface area (Å²) in [6.45, 7) is 9.39. The molecule has 1 heterocycles. The first kappa shape index (κ1) is 37.5. The van der Waals surface area contributed by atoms with E-state index in [1.54, 1.807) is 24.3 Å². The number of rotatable bonds is 17. The Balaban J connectivity index is 2.25. The molecule has 1 aromatic heterocycles.